The number of benzene rings is 2. The molecule has 4 aromatic rings. The fourth-order valence-corrected chi connectivity index (χ4v) is 2.57. The van der Waals surface area contributed by atoms with Crippen LogP contribution in [0.15, 0.2) is 73.1 Å². The van der Waals surface area contributed by atoms with E-state index in [0.29, 0.717) is 0 Å². The quantitative estimate of drug-likeness (QED) is 0.291. The maximum atomic E-state index is 9.75. The fourth-order valence-electron chi connectivity index (χ4n) is 2.57. The Morgan fingerprint density at radius 2 is 1.33 bits per heavy atom. The van der Waals surface area contributed by atoms with Gasteiger partial charge < -0.3 is 22.2 Å². The number of aromatic amines is 1. The van der Waals surface area contributed by atoms with Crippen LogP contribution in [-0.2, 0) is 0 Å². The van der Waals surface area contributed by atoms with Crippen LogP contribution in [0.3, 0.4) is 0 Å². The van der Waals surface area contributed by atoms with Crippen molar-refractivity contribution in [2.24, 2.45) is 0 Å². The number of fused-ring (bicyclic) bond motifs is 3. The summed E-state index contributed by atoms with van der Waals surface area (Å²) in [6.07, 6.45) is 4.13. The van der Waals surface area contributed by atoms with E-state index in [0.717, 1.165) is 0 Å². The number of H-pyrrole nitrogens is 1. The van der Waals surface area contributed by atoms with E-state index in [4.69, 9.17) is 0 Å². The van der Waals surface area contributed by atoms with Crippen LogP contribution in [-0.4, -0.2) is 12.2 Å². The van der Waals surface area contributed by atoms with E-state index in [9.17, 15) is 17.3 Å². The molecular formula is C17H13BF4N2. The third kappa shape index (κ3) is 3.74. The second-order valence-electron chi connectivity index (χ2n) is 5.18. The van der Waals surface area contributed by atoms with E-state index in [2.05, 4.69) is 64.4 Å². The molecule has 24 heavy (non-hydrogen) atoms. The van der Waals surface area contributed by atoms with Crippen molar-refractivity contribution in [3.63, 3.8) is 0 Å². The van der Waals surface area contributed by atoms with E-state index in [-0.39, 0.29) is 0 Å². The minimum atomic E-state index is -6.00. The van der Waals surface area contributed by atoms with Gasteiger partial charge in [0, 0.05) is 46.1 Å². The predicted octanol–water partition coefficient (Wildman–Crippen LogP) is 4.90. The van der Waals surface area contributed by atoms with Crippen LogP contribution in [0.5, 0.6) is 0 Å². The Morgan fingerprint density at radius 3 is 2.04 bits per heavy atom. The SMILES string of the molecule is F[B-](F)(F)F.c1cc[n+](-c2ccc3[nH]c4ccccc4c3c2)cc1. The summed E-state index contributed by atoms with van der Waals surface area (Å²) >= 11 is 0. The minimum Gasteiger partial charge on any atom is -0.418 e. The molecule has 0 amide bonds. The molecule has 0 fully saturated rings. The van der Waals surface area contributed by atoms with Crippen LogP contribution in [0.4, 0.5) is 17.3 Å². The van der Waals surface area contributed by atoms with Crippen molar-refractivity contribution in [2.75, 3.05) is 0 Å². The molecule has 0 radical (unpaired) electrons. The molecule has 4 rings (SSSR count). The van der Waals surface area contributed by atoms with Crippen molar-refractivity contribution >= 4 is 29.1 Å². The summed E-state index contributed by atoms with van der Waals surface area (Å²) in [6.45, 7) is 0. The number of pyridine rings is 1. The number of hydrogen-bond donors (Lipinski definition) is 1. The lowest BCUT2D eigenvalue weighted by Crippen LogP contribution is -2.28. The summed E-state index contributed by atoms with van der Waals surface area (Å²) in [6, 6.07) is 21.0. The van der Waals surface area contributed by atoms with Gasteiger partial charge in [0.1, 0.15) is 0 Å². The van der Waals surface area contributed by atoms with Gasteiger partial charge in [0.15, 0.2) is 12.4 Å². The van der Waals surface area contributed by atoms with E-state index in [1.165, 1.54) is 27.5 Å². The van der Waals surface area contributed by atoms with Gasteiger partial charge in [0.25, 0.3) is 0 Å². The highest BCUT2D eigenvalue weighted by atomic mass is 19.5. The largest absolute Gasteiger partial charge is 0.673 e. The smallest absolute Gasteiger partial charge is 0.418 e. The summed E-state index contributed by atoms with van der Waals surface area (Å²) in [5, 5.41) is 2.54. The van der Waals surface area contributed by atoms with Crippen molar-refractivity contribution in [3.05, 3.63) is 73.1 Å². The summed E-state index contributed by atoms with van der Waals surface area (Å²) in [5.41, 5.74) is 3.55. The Bertz CT molecular complexity index is 959. The lowest BCUT2D eigenvalue weighted by atomic mass is 10.1. The van der Waals surface area contributed by atoms with Crippen molar-refractivity contribution in [1.82, 2.24) is 4.98 Å². The summed E-state index contributed by atoms with van der Waals surface area (Å²) in [5.74, 6) is 0. The van der Waals surface area contributed by atoms with Crippen molar-refractivity contribution in [2.45, 2.75) is 0 Å². The molecule has 0 atom stereocenters. The molecule has 2 aromatic heterocycles. The number of para-hydroxylation sites is 1. The van der Waals surface area contributed by atoms with Crippen LogP contribution >= 0.6 is 0 Å². The van der Waals surface area contributed by atoms with E-state index < -0.39 is 7.25 Å². The highest BCUT2D eigenvalue weighted by molar-refractivity contribution is 6.50. The number of rotatable bonds is 1. The number of hydrogen-bond acceptors (Lipinski definition) is 0. The first-order valence-electron chi connectivity index (χ1n) is 7.26. The van der Waals surface area contributed by atoms with E-state index >= 15 is 0 Å². The lowest BCUT2D eigenvalue weighted by molar-refractivity contribution is -0.595. The average Bonchev–Trinajstić information content (AvgIpc) is 2.92. The molecule has 0 aliphatic rings. The predicted molar refractivity (Wildman–Crippen MR) is 87.5 cm³/mol. The third-order valence-corrected chi connectivity index (χ3v) is 3.50. The Kier molecular flexibility index (Phi) is 4.25. The summed E-state index contributed by atoms with van der Waals surface area (Å²) in [7, 11) is -6.00. The average molecular weight is 332 g/mol. The zero-order valence-corrected chi connectivity index (χ0v) is 12.5. The molecule has 0 unspecified atom stereocenters. The van der Waals surface area contributed by atoms with Crippen molar-refractivity contribution in [3.8, 4) is 5.69 Å². The van der Waals surface area contributed by atoms with Gasteiger partial charge in [-0.2, -0.15) is 4.57 Å². The standard InChI is InChI=1S/C17H13N2.BF4/c1-4-10-19(11-5-1)13-8-9-17-15(12-13)14-6-2-3-7-16(14)18-17;2-1(3,4)5/h1-12,18H;/q+1;-1. The van der Waals surface area contributed by atoms with Gasteiger partial charge in [0.05, 0.1) is 0 Å². The molecule has 2 heterocycles. The van der Waals surface area contributed by atoms with Crippen LogP contribution < -0.4 is 4.57 Å². The molecular weight excluding hydrogens is 319 g/mol. The summed E-state index contributed by atoms with van der Waals surface area (Å²) in [4.78, 5) is 3.45. The number of nitrogens with zero attached hydrogens (tertiary/aromatic N) is 1. The van der Waals surface area contributed by atoms with Gasteiger partial charge in [-0.25, -0.2) is 0 Å². The summed E-state index contributed by atoms with van der Waals surface area (Å²) < 4.78 is 41.1. The minimum absolute atomic E-state index is 1.18. The van der Waals surface area contributed by atoms with E-state index in [1.807, 2.05) is 18.2 Å². The number of nitrogens with one attached hydrogen (secondary N) is 1. The third-order valence-electron chi connectivity index (χ3n) is 3.50. The maximum absolute atomic E-state index is 9.75. The van der Waals surface area contributed by atoms with Gasteiger partial charge in [-0.3, -0.25) is 0 Å². The first-order chi connectivity index (χ1) is 11.4. The van der Waals surface area contributed by atoms with Crippen molar-refractivity contribution in [1.29, 1.82) is 0 Å². The Hall–Kier alpha value is -2.83. The Morgan fingerprint density at radius 1 is 0.708 bits per heavy atom. The molecule has 2 nitrogen and oxygen atoms in total. The molecule has 0 saturated carbocycles. The van der Waals surface area contributed by atoms with Gasteiger partial charge in [0.2, 0.25) is 5.69 Å². The molecule has 0 aliphatic heterocycles. The second kappa shape index (κ2) is 6.35. The Balaban J connectivity index is 0.000000300. The van der Waals surface area contributed by atoms with E-state index in [1.54, 1.807) is 0 Å². The molecule has 1 N–H and O–H groups in total. The fraction of sp³-hybridized carbons (Fsp3) is 0. The first kappa shape index (κ1) is 16.0. The second-order valence-corrected chi connectivity index (χ2v) is 5.18. The number of halogens is 4. The first-order valence-corrected chi connectivity index (χ1v) is 7.26. The zero-order chi connectivity index (χ0) is 17.2. The molecule has 122 valence electrons. The van der Waals surface area contributed by atoms with Gasteiger partial charge in [-0.05, 0) is 12.1 Å². The molecule has 2 aromatic carbocycles. The molecule has 0 aliphatic carbocycles. The normalized spacial score (nSPS) is 11.3. The number of aromatic nitrogens is 2. The monoisotopic (exact) mass is 332 g/mol. The van der Waals surface area contributed by atoms with Gasteiger partial charge >= 0.3 is 7.25 Å². The molecule has 0 bridgehead atoms. The van der Waals surface area contributed by atoms with Crippen LogP contribution in [0.2, 0.25) is 0 Å². The lowest BCUT2D eigenvalue weighted by Gasteiger charge is -1.96. The molecule has 0 spiro atoms. The van der Waals surface area contributed by atoms with Crippen LogP contribution in [0.1, 0.15) is 0 Å². The highest BCUT2D eigenvalue weighted by Crippen LogP contribution is 2.25. The molecule has 0 saturated heterocycles. The zero-order valence-electron chi connectivity index (χ0n) is 12.5. The Labute approximate surface area is 135 Å². The highest BCUT2D eigenvalue weighted by Gasteiger charge is 2.20. The van der Waals surface area contributed by atoms with Gasteiger partial charge in [-0.1, -0.05) is 24.3 Å². The van der Waals surface area contributed by atoms with Crippen molar-refractivity contribution < 1.29 is 21.8 Å². The topological polar surface area (TPSA) is 19.7 Å². The van der Waals surface area contributed by atoms with Crippen LogP contribution in [0, 0.1) is 0 Å². The molecule has 7 heteroatoms. The maximum Gasteiger partial charge on any atom is 0.673 e. The van der Waals surface area contributed by atoms with Crippen LogP contribution in [0.25, 0.3) is 27.5 Å². The van der Waals surface area contributed by atoms with Gasteiger partial charge in [-0.15, -0.1) is 0 Å².